The van der Waals surface area contributed by atoms with Gasteiger partial charge in [0, 0.05) is 12.1 Å². The van der Waals surface area contributed by atoms with Gasteiger partial charge in [0.25, 0.3) is 0 Å². The van der Waals surface area contributed by atoms with Crippen LogP contribution in [0.25, 0.3) is 0 Å². The Labute approximate surface area is 102 Å². The van der Waals surface area contributed by atoms with Crippen LogP contribution < -0.4 is 5.32 Å². The molecule has 96 valence electrons. The monoisotopic (exact) mass is 241 g/mol. The van der Waals surface area contributed by atoms with Gasteiger partial charge in [-0.1, -0.05) is 26.2 Å². The summed E-state index contributed by atoms with van der Waals surface area (Å²) in [5, 5.41) is 3.02. The van der Waals surface area contributed by atoms with Crippen molar-refractivity contribution in [3.63, 3.8) is 0 Å². The summed E-state index contributed by atoms with van der Waals surface area (Å²) < 4.78 is 26.9. The van der Waals surface area contributed by atoms with Crippen LogP contribution in [0, 0.1) is 18.6 Å². The van der Waals surface area contributed by atoms with Crippen LogP contribution in [0.4, 0.5) is 14.5 Å². The molecule has 0 amide bonds. The molecular weight excluding hydrogens is 220 g/mol. The molecule has 0 radical (unpaired) electrons. The Morgan fingerprint density at radius 3 is 2.53 bits per heavy atom. The van der Waals surface area contributed by atoms with Crippen molar-refractivity contribution >= 4 is 5.69 Å². The third-order valence-corrected chi connectivity index (χ3v) is 2.89. The van der Waals surface area contributed by atoms with Crippen LogP contribution in [0.15, 0.2) is 12.1 Å². The zero-order valence-corrected chi connectivity index (χ0v) is 10.8. The topological polar surface area (TPSA) is 12.0 Å². The van der Waals surface area contributed by atoms with Crippen LogP contribution in [0.5, 0.6) is 0 Å². The minimum absolute atomic E-state index is 0.165. The standard InChI is InChI=1S/C14H21F2N/c1-4-5-6-7-11(3)17-14-9-12(15)10(2)8-13(14)16/h8-9,11,17H,4-7H2,1-3H3. The van der Waals surface area contributed by atoms with E-state index >= 15 is 0 Å². The molecule has 0 aliphatic carbocycles. The van der Waals surface area contributed by atoms with Crippen molar-refractivity contribution in [1.82, 2.24) is 0 Å². The summed E-state index contributed by atoms with van der Waals surface area (Å²) in [6.45, 7) is 5.70. The predicted molar refractivity (Wildman–Crippen MR) is 68.3 cm³/mol. The Bertz CT molecular complexity index is 363. The lowest BCUT2D eigenvalue weighted by Gasteiger charge is -2.16. The van der Waals surface area contributed by atoms with Gasteiger partial charge in [-0.2, -0.15) is 0 Å². The van der Waals surface area contributed by atoms with Gasteiger partial charge >= 0.3 is 0 Å². The van der Waals surface area contributed by atoms with E-state index < -0.39 is 0 Å². The van der Waals surface area contributed by atoms with Crippen molar-refractivity contribution in [2.45, 2.75) is 52.5 Å². The Balaban J connectivity index is 2.58. The van der Waals surface area contributed by atoms with Gasteiger partial charge in [-0.15, -0.1) is 0 Å². The Hall–Kier alpha value is -1.12. The van der Waals surface area contributed by atoms with Gasteiger partial charge in [0.1, 0.15) is 11.6 Å². The maximum absolute atomic E-state index is 13.5. The molecule has 1 N–H and O–H groups in total. The van der Waals surface area contributed by atoms with E-state index in [-0.39, 0.29) is 23.4 Å². The van der Waals surface area contributed by atoms with E-state index in [4.69, 9.17) is 0 Å². The second-order valence-electron chi connectivity index (χ2n) is 4.62. The Morgan fingerprint density at radius 1 is 1.18 bits per heavy atom. The second-order valence-corrected chi connectivity index (χ2v) is 4.62. The van der Waals surface area contributed by atoms with Gasteiger partial charge in [-0.25, -0.2) is 8.78 Å². The predicted octanol–water partition coefficient (Wildman–Crippen LogP) is 4.65. The number of hydrogen-bond acceptors (Lipinski definition) is 1. The largest absolute Gasteiger partial charge is 0.380 e. The van der Waals surface area contributed by atoms with Gasteiger partial charge in [0.15, 0.2) is 0 Å². The third kappa shape index (κ3) is 4.33. The summed E-state index contributed by atoms with van der Waals surface area (Å²) in [5.74, 6) is -0.749. The van der Waals surface area contributed by atoms with Gasteiger partial charge in [0.2, 0.25) is 0 Å². The highest BCUT2D eigenvalue weighted by atomic mass is 19.1. The maximum atomic E-state index is 13.5. The first-order chi connectivity index (χ1) is 8.04. The summed E-state index contributed by atoms with van der Waals surface area (Å²) in [6.07, 6.45) is 4.43. The molecule has 1 rings (SSSR count). The minimum Gasteiger partial charge on any atom is -0.380 e. The minimum atomic E-state index is -0.383. The molecule has 3 heteroatoms. The average molecular weight is 241 g/mol. The summed E-state index contributed by atoms with van der Waals surface area (Å²) in [4.78, 5) is 0. The first-order valence-electron chi connectivity index (χ1n) is 6.26. The molecule has 17 heavy (non-hydrogen) atoms. The van der Waals surface area contributed by atoms with Gasteiger partial charge in [-0.05, 0) is 31.9 Å². The van der Waals surface area contributed by atoms with Gasteiger partial charge in [-0.3, -0.25) is 0 Å². The lowest BCUT2D eigenvalue weighted by molar-refractivity contribution is 0.583. The van der Waals surface area contributed by atoms with Gasteiger partial charge in [0.05, 0.1) is 5.69 Å². The molecule has 1 nitrogen and oxygen atoms in total. The smallest absolute Gasteiger partial charge is 0.146 e. The number of aryl methyl sites for hydroxylation is 1. The highest BCUT2D eigenvalue weighted by Crippen LogP contribution is 2.20. The lowest BCUT2D eigenvalue weighted by Crippen LogP contribution is -2.16. The number of rotatable bonds is 6. The van der Waals surface area contributed by atoms with Crippen LogP contribution in [-0.2, 0) is 0 Å². The van der Waals surface area contributed by atoms with E-state index in [1.165, 1.54) is 25.0 Å². The van der Waals surface area contributed by atoms with E-state index in [0.29, 0.717) is 5.56 Å². The molecule has 0 spiro atoms. The van der Waals surface area contributed by atoms with Crippen molar-refractivity contribution < 1.29 is 8.78 Å². The van der Waals surface area contributed by atoms with Crippen LogP contribution in [0.2, 0.25) is 0 Å². The van der Waals surface area contributed by atoms with Crippen LogP contribution >= 0.6 is 0 Å². The fraction of sp³-hybridized carbons (Fsp3) is 0.571. The number of halogens is 2. The highest BCUT2D eigenvalue weighted by Gasteiger charge is 2.09. The maximum Gasteiger partial charge on any atom is 0.146 e. The third-order valence-electron chi connectivity index (χ3n) is 2.89. The fourth-order valence-corrected chi connectivity index (χ4v) is 1.80. The number of anilines is 1. The molecule has 1 atom stereocenters. The summed E-state index contributed by atoms with van der Waals surface area (Å²) >= 11 is 0. The number of unbranched alkanes of at least 4 members (excludes halogenated alkanes) is 2. The number of benzene rings is 1. The molecule has 1 aromatic rings. The average Bonchev–Trinajstić information content (AvgIpc) is 2.26. The molecule has 0 saturated heterocycles. The molecule has 0 fully saturated rings. The molecule has 0 saturated carbocycles. The second kappa shape index (κ2) is 6.58. The van der Waals surface area contributed by atoms with E-state index in [2.05, 4.69) is 12.2 Å². The highest BCUT2D eigenvalue weighted by molar-refractivity contribution is 5.47. The Morgan fingerprint density at radius 2 is 1.88 bits per heavy atom. The molecule has 0 aromatic heterocycles. The fourth-order valence-electron chi connectivity index (χ4n) is 1.80. The van der Waals surface area contributed by atoms with Crippen LogP contribution in [0.1, 0.15) is 45.1 Å². The SMILES string of the molecule is CCCCCC(C)Nc1cc(F)c(C)cc1F. The van der Waals surface area contributed by atoms with Crippen LogP contribution in [-0.4, -0.2) is 6.04 Å². The van der Waals surface area contributed by atoms with Crippen molar-refractivity contribution in [2.24, 2.45) is 0 Å². The summed E-state index contributed by atoms with van der Waals surface area (Å²) in [6, 6.07) is 2.63. The van der Waals surface area contributed by atoms with Crippen LogP contribution in [0.3, 0.4) is 0 Å². The lowest BCUT2D eigenvalue weighted by atomic mass is 10.1. The normalized spacial score (nSPS) is 12.5. The van der Waals surface area contributed by atoms with Crippen molar-refractivity contribution in [2.75, 3.05) is 5.32 Å². The van der Waals surface area contributed by atoms with E-state index in [1.54, 1.807) is 6.92 Å². The molecular formula is C14H21F2N. The quantitative estimate of drug-likeness (QED) is 0.714. The molecule has 0 bridgehead atoms. The molecule has 1 aromatic carbocycles. The van der Waals surface area contributed by atoms with Crippen molar-refractivity contribution in [3.05, 3.63) is 29.3 Å². The molecule has 0 heterocycles. The number of hydrogen-bond donors (Lipinski definition) is 1. The molecule has 1 unspecified atom stereocenters. The van der Waals surface area contributed by atoms with Crippen molar-refractivity contribution in [3.8, 4) is 0 Å². The first-order valence-corrected chi connectivity index (χ1v) is 6.26. The number of nitrogens with one attached hydrogen (secondary N) is 1. The molecule has 0 aliphatic heterocycles. The van der Waals surface area contributed by atoms with E-state index in [1.807, 2.05) is 6.92 Å². The van der Waals surface area contributed by atoms with Gasteiger partial charge < -0.3 is 5.32 Å². The Kier molecular flexibility index (Phi) is 5.39. The summed E-state index contributed by atoms with van der Waals surface area (Å²) in [5.41, 5.74) is 0.601. The zero-order valence-electron chi connectivity index (χ0n) is 10.8. The van der Waals surface area contributed by atoms with Crippen molar-refractivity contribution in [1.29, 1.82) is 0 Å². The van der Waals surface area contributed by atoms with E-state index in [0.717, 1.165) is 12.8 Å². The molecule has 0 aliphatic rings. The zero-order chi connectivity index (χ0) is 12.8. The first kappa shape index (κ1) is 13.9. The summed E-state index contributed by atoms with van der Waals surface area (Å²) in [7, 11) is 0. The van der Waals surface area contributed by atoms with E-state index in [9.17, 15) is 8.78 Å².